The molecule has 4 nitrogen and oxygen atoms in total. The number of aromatic hydroxyl groups is 1. The van der Waals surface area contributed by atoms with Crippen LogP contribution < -0.4 is 5.43 Å². The Bertz CT molecular complexity index is 412. The van der Waals surface area contributed by atoms with Gasteiger partial charge in [0, 0.05) is 18.3 Å². The van der Waals surface area contributed by atoms with Crippen molar-refractivity contribution < 1.29 is 10.2 Å². The minimum atomic E-state index is -0.432. The monoisotopic (exact) mass is 253 g/mol. The van der Waals surface area contributed by atoms with Gasteiger partial charge in [-0.2, -0.15) is 0 Å². The highest BCUT2D eigenvalue weighted by Crippen LogP contribution is 2.10. The Kier molecular flexibility index (Phi) is 6.50. The Hall–Kier alpha value is -1.29. The summed E-state index contributed by atoms with van der Waals surface area (Å²) in [5.74, 6) is -0.252. The van der Waals surface area contributed by atoms with Crippen molar-refractivity contribution in [2.45, 2.75) is 58.6 Å². The second-order valence-corrected chi connectivity index (χ2v) is 4.63. The molecule has 0 aromatic carbocycles. The Morgan fingerprint density at radius 1 is 1.17 bits per heavy atom. The van der Waals surface area contributed by atoms with Crippen molar-refractivity contribution in [2.24, 2.45) is 0 Å². The molecule has 0 fully saturated rings. The molecule has 0 unspecified atom stereocenters. The fraction of sp³-hybridized carbons (Fsp3) is 0.643. The molecule has 1 heterocycles. The van der Waals surface area contributed by atoms with Crippen LogP contribution in [0.2, 0.25) is 0 Å². The zero-order valence-electron chi connectivity index (χ0n) is 11.1. The van der Waals surface area contributed by atoms with Crippen LogP contribution in [0.15, 0.2) is 17.1 Å². The maximum absolute atomic E-state index is 11.2. The number of hydrogen-bond acceptors (Lipinski definition) is 3. The van der Waals surface area contributed by atoms with Crippen molar-refractivity contribution in [1.82, 2.24) is 4.57 Å². The largest absolute Gasteiger partial charge is 0.503 e. The Labute approximate surface area is 108 Å². The van der Waals surface area contributed by atoms with Gasteiger partial charge in [0.2, 0.25) is 5.43 Å². The summed E-state index contributed by atoms with van der Waals surface area (Å²) in [7, 11) is 0. The number of unbranched alkanes of at least 4 members (excludes halogenated alkanes) is 5. The van der Waals surface area contributed by atoms with Crippen LogP contribution in [0.25, 0.3) is 0 Å². The summed E-state index contributed by atoms with van der Waals surface area (Å²) in [6.45, 7) is 2.75. The molecule has 0 saturated heterocycles. The molecule has 0 radical (unpaired) electrons. The van der Waals surface area contributed by atoms with Crippen LogP contribution in [0.4, 0.5) is 0 Å². The van der Waals surface area contributed by atoms with E-state index in [9.17, 15) is 9.90 Å². The number of aliphatic hydroxyl groups is 1. The van der Waals surface area contributed by atoms with Gasteiger partial charge in [0.25, 0.3) is 0 Å². The van der Waals surface area contributed by atoms with Gasteiger partial charge in [-0.05, 0) is 6.42 Å². The third kappa shape index (κ3) is 4.53. The quantitative estimate of drug-likeness (QED) is 0.699. The third-order valence-corrected chi connectivity index (χ3v) is 3.11. The second-order valence-electron chi connectivity index (χ2n) is 4.63. The van der Waals surface area contributed by atoms with E-state index in [2.05, 4.69) is 6.92 Å². The molecular formula is C14H23NO3. The first kappa shape index (κ1) is 14.8. The number of rotatable bonds is 8. The maximum Gasteiger partial charge on any atom is 0.223 e. The summed E-state index contributed by atoms with van der Waals surface area (Å²) < 4.78 is 1.76. The molecule has 4 heteroatoms. The molecule has 2 N–H and O–H groups in total. The average Bonchev–Trinajstić information content (AvgIpc) is 2.37. The third-order valence-electron chi connectivity index (χ3n) is 3.11. The SMILES string of the molecule is CCCCCCCCn1cc(O)c(=O)cc1CO. The van der Waals surface area contributed by atoms with Gasteiger partial charge in [-0.1, -0.05) is 39.0 Å². The number of nitrogens with zero attached hydrogens (tertiary/aromatic N) is 1. The predicted molar refractivity (Wildman–Crippen MR) is 71.7 cm³/mol. The van der Waals surface area contributed by atoms with E-state index < -0.39 is 5.43 Å². The van der Waals surface area contributed by atoms with Crippen molar-refractivity contribution in [3.05, 3.63) is 28.2 Å². The molecule has 102 valence electrons. The Balaban J connectivity index is 2.46. The van der Waals surface area contributed by atoms with Gasteiger partial charge in [0.15, 0.2) is 5.75 Å². The number of hydrogen-bond donors (Lipinski definition) is 2. The zero-order valence-corrected chi connectivity index (χ0v) is 11.1. The number of aliphatic hydroxyl groups excluding tert-OH is 1. The highest BCUT2D eigenvalue weighted by atomic mass is 16.3. The van der Waals surface area contributed by atoms with Crippen LogP contribution in [0.1, 0.15) is 51.1 Å². The van der Waals surface area contributed by atoms with E-state index in [0.717, 1.165) is 19.4 Å². The Morgan fingerprint density at radius 3 is 2.50 bits per heavy atom. The molecule has 1 aromatic heterocycles. The molecule has 0 aliphatic rings. The molecule has 18 heavy (non-hydrogen) atoms. The predicted octanol–water partition coefficient (Wildman–Crippen LogP) is 2.41. The first-order valence-corrected chi connectivity index (χ1v) is 6.72. The van der Waals surface area contributed by atoms with Gasteiger partial charge in [0.05, 0.1) is 12.8 Å². The van der Waals surface area contributed by atoms with Crippen LogP contribution >= 0.6 is 0 Å². The van der Waals surface area contributed by atoms with Crippen LogP contribution in [0.5, 0.6) is 5.75 Å². The summed E-state index contributed by atoms with van der Waals surface area (Å²) in [4.78, 5) is 11.2. The van der Waals surface area contributed by atoms with Gasteiger partial charge in [-0.25, -0.2) is 0 Å². The van der Waals surface area contributed by atoms with E-state index in [1.807, 2.05) is 0 Å². The van der Waals surface area contributed by atoms with Crippen LogP contribution in [-0.4, -0.2) is 14.8 Å². The maximum atomic E-state index is 11.2. The van der Waals surface area contributed by atoms with Crippen molar-refractivity contribution in [3.63, 3.8) is 0 Å². The number of aromatic nitrogens is 1. The summed E-state index contributed by atoms with van der Waals surface area (Å²) in [5, 5.41) is 18.5. The molecule has 0 aliphatic heterocycles. The van der Waals surface area contributed by atoms with E-state index >= 15 is 0 Å². The normalized spacial score (nSPS) is 10.8. The molecule has 0 spiro atoms. The summed E-state index contributed by atoms with van der Waals surface area (Å²) in [6.07, 6.45) is 8.55. The van der Waals surface area contributed by atoms with Gasteiger partial charge >= 0.3 is 0 Å². The standard InChI is InChI=1S/C14H23NO3/c1-2-3-4-5-6-7-8-15-10-14(18)13(17)9-12(15)11-16/h9-10,16,18H,2-8,11H2,1H3. The molecule has 0 amide bonds. The molecule has 1 rings (SSSR count). The van der Waals surface area contributed by atoms with Crippen LogP contribution in [0, 0.1) is 0 Å². The summed E-state index contributed by atoms with van der Waals surface area (Å²) in [6, 6.07) is 1.30. The van der Waals surface area contributed by atoms with E-state index in [1.54, 1.807) is 4.57 Å². The molecule has 0 saturated carbocycles. The first-order chi connectivity index (χ1) is 8.69. The number of aryl methyl sites for hydroxylation is 1. The molecule has 0 aliphatic carbocycles. The lowest BCUT2D eigenvalue weighted by atomic mass is 10.1. The van der Waals surface area contributed by atoms with Crippen molar-refractivity contribution in [2.75, 3.05) is 0 Å². The lowest BCUT2D eigenvalue weighted by Gasteiger charge is -2.12. The van der Waals surface area contributed by atoms with Gasteiger partial charge in [0.1, 0.15) is 0 Å². The van der Waals surface area contributed by atoms with Crippen molar-refractivity contribution in [3.8, 4) is 5.75 Å². The average molecular weight is 253 g/mol. The van der Waals surface area contributed by atoms with E-state index in [1.165, 1.54) is 37.9 Å². The fourth-order valence-corrected chi connectivity index (χ4v) is 2.01. The van der Waals surface area contributed by atoms with E-state index in [4.69, 9.17) is 5.11 Å². The minimum Gasteiger partial charge on any atom is -0.503 e. The molecule has 0 atom stereocenters. The van der Waals surface area contributed by atoms with Crippen molar-refractivity contribution in [1.29, 1.82) is 0 Å². The first-order valence-electron chi connectivity index (χ1n) is 6.72. The van der Waals surface area contributed by atoms with Gasteiger partial charge in [-0.3, -0.25) is 4.79 Å². The zero-order chi connectivity index (χ0) is 13.4. The second kappa shape index (κ2) is 7.93. The minimum absolute atomic E-state index is 0.175. The topological polar surface area (TPSA) is 62.5 Å². The molecule has 0 bridgehead atoms. The van der Waals surface area contributed by atoms with Crippen LogP contribution in [0.3, 0.4) is 0 Å². The van der Waals surface area contributed by atoms with Gasteiger partial charge < -0.3 is 14.8 Å². The van der Waals surface area contributed by atoms with Gasteiger partial charge in [-0.15, -0.1) is 0 Å². The Morgan fingerprint density at radius 2 is 1.83 bits per heavy atom. The summed E-state index contributed by atoms with van der Waals surface area (Å²) in [5.41, 5.74) is 0.129. The van der Waals surface area contributed by atoms with E-state index in [0.29, 0.717) is 5.69 Å². The molecule has 1 aromatic rings. The molecular weight excluding hydrogens is 230 g/mol. The smallest absolute Gasteiger partial charge is 0.223 e. The fourth-order valence-electron chi connectivity index (χ4n) is 2.01. The lowest BCUT2D eigenvalue weighted by Crippen LogP contribution is -2.12. The lowest BCUT2D eigenvalue weighted by molar-refractivity contribution is 0.267. The number of pyridine rings is 1. The summed E-state index contributed by atoms with van der Waals surface area (Å²) >= 11 is 0. The highest BCUT2D eigenvalue weighted by Gasteiger charge is 2.04. The van der Waals surface area contributed by atoms with Crippen LogP contribution in [-0.2, 0) is 13.2 Å². The highest BCUT2D eigenvalue weighted by molar-refractivity contribution is 5.19. The van der Waals surface area contributed by atoms with E-state index in [-0.39, 0.29) is 12.4 Å². The van der Waals surface area contributed by atoms with Crippen molar-refractivity contribution >= 4 is 0 Å².